The second-order valence-corrected chi connectivity index (χ2v) is 5.11. The van der Waals surface area contributed by atoms with Gasteiger partial charge < -0.3 is 10.8 Å². The van der Waals surface area contributed by atoms with E-state index in [4.69, 9.17) is 17.3 Å². The molecule has 0 fully saturated rings. The first-order valence-electron chi connectivity index (χ1n) is 6.67. The molecule has 1 aromatic rings. The third-order valence-corrected chi connectivity index (χ3v) is 3.72. The minimum atomic E-state index is -0.879. The molecule has 0 aliphatic rings. The molecule has 1 atom stereocenters. The Kier molecular flexibility index (Phi) is 5.63. The molecule has 0 saturated heterocycles. The molecule has 104 valence electrons. The lowest BCUT2D eigenvalue weighted by Crippen LogP contribution is -2.40. The van der Waals surface area contributed by atoms with Crippen molar-refractivity contribution in [1.29, 1.82) is 0 Å². The molecule has 0 spiro atoms. The van der Waals surface area contributed by atoms with Crippen LogP contribution in [0.4, 0.5) is 0 Å². The SMILES string of the molecule is CCCC(O)(CN)Cc1c(Cl)c(CC)nn1CC. The van der Waals surface area contributed by atoms with E-state index in [0.29, 0.717) is 17.9 Å². The fourth-order valence-corrected chi connectivity index (χ4v) is 2.56. The molecule has 0 bridgehead atoms. The Hall–Kier alpha value is -0.580. The lowest BCUT2D eigenvalue weighted by Gasteiger charge is -2.26. The molecule has 0 saturated carbocycles. The number of rotatable bonds is 7. The predicted molar refractivity (Wildman–Crippen MR) is 74.9 cm³/mol. The van der Waals surface area contributed by atoms with Crippen molar-refractivity contribution in [3.05, 3.63) is 16.4 Å². The number of nitrogens with two attached hydrogens (primary N) is 1. The van der Waals surface area contributed by atoms with Gasteiger partial charge >= 0.3 is 0 Å². The zero-order valence-corrected chi connectivity index (χ0v) is 12.3. The summed E-state index contributed by atoms with van der Waals surface area (Å²) in [4.78, 5) is 0. The lowest BCUT2D eigenvalue weighted by molar-refractivity contribution is 0.0379. The van der Waals surface area contributed by atoms with Gasteiger partial charge in [-0.25, -0.2) is 0 Å². The first kappa shape index (κ1) is 15.5. The smallest absolute Gasteiger partial charge is 0.0851 e. The minimum absolute atomic E-state index is 0.244. The van der Waals surface area contributed by atoms with Crippen LogP contribution in [0.2, 0.25) is 5.02 Å². The van der Waals surface area contributed by atoms with Gasteiger partial charge in [0.1, 0.15) is 0 Å². The maximum absolute atomic E-state index is 10.5. The number of nitrogens with zero attached hydrogens (tertiary/aromatic N) is 2. The van der Waals surface area contributed by atoms with E-state index in [1.165, 1.54) is 0 Å². The third-order valence-electron chi connectivity index (χ3n) is 3.29. The summed E-state index contributed by atoms with van der Waals surface area (Å²) in [5.74, 6) is 0. The predicted octanol–water partition coefficient (Wildman–Crippen LogP) is 2.15. The molecule has 4 nitrogen and oxygen atoms in total. The fraction of sp³-hybridized carbons (Fsp3) is 0.769. The number of aromatic nitrogens is 2. The van der Waals surface area contributed by atoms with Crippen LogP contribution < -0.4 is 5.73 Å². The average molecular weight is 274 g/mol. The summed E-state index contributed by atoms with van der Waals surface area (Å²) in [7, 11) is 0. The molecular formula is C13H24ClN3O. The van der Waals surface area contributed by atoms with Crippen LogP contribution >= 0.6 is 11.6 Å². The van der Waals surface area contributed by atoms with Crippen molar-refractivity contribution in [2.45, 2.75) is 58.6 Å². The Morgan fingerprint density at radius 2 is 2.06 bits per heavy atom. The van der Waals surface area contributed by atoms with Crippen LogP contribution in [0.3, 0.4) is 0 Å². The van der Waals surface area contributed by atoms with E-state index in [1.54, 1.807) is 0 Å². The van der Waals surface area contributed by atoms with Crippen molar-refractivity contribution in [3.8, 4) is 0 Å². The van der Waals surface area contributed by atoms with E-state index in [9.17, 15) is 5.11 Å². The summed E-state index contributed by atoms with van der Waals surface area (Å²) < 4.78 is 1.87. The largest absolute Gasteiger partial charge is 0.388 e. The van der Waals surface area contributed by atoms with Crippen LogP contribution in [0, 0.1) is 0 Å². The number of hydrogen-bond acceptors (Lipinski definition) is 3. The zero-order chi connectivity index (χ0) is 13.8. The van der Waals surface area contributed by atoms with Crippen molar-refractivity contribution in [3.63, 3.8) is 0 Å². The molecule has 1 unspecified atom stereocenters. The monoisotopic (exact) mass is 273 g/mol. The van der Waals surface area contributed by atoms with Gasteiger partial charge in [-0.3, -0.25) is 4.68 Å². The number of aliphatic hydroxyl groups is 1. The fourth-order valence-electron chi connectivity index (χ4n) is 2.23. The van der Waals surface area contributed by atoms with Gasteiger partial charge in [-0.1, -0.05) is 31.9 Å². The average Bonchev–Trinajstić information content (AvgIpc) is 2.66. The van der Waals surface area contributed by atoms with Crippen molar-refractivity contribution in [2.24, 2.45) is 5.73 Å². The summed E-state index contributed by atoms with van der Waals surface area (Å²) in [5.41, 5.74) is 6.61. The lowest BCUT2D eigenvalue weighted by atomic mass is 9.92. The molecule has 1 aromatic heterocycles. The van der Waals surface area contributed by atoms with Gasteiger partial charge in [0.15, 0.2) is 0 Å². The molecule has 0 aromatic carbocycles. The molecular weight excluding hydrogens is 250 g/mol. The molecule has 18 heavy (non-hydrogen) atoms. The molecule has 0 aliphatic heterocycles. The van der Waals surface area contributed by atoms with Gasteiger partial charge in [0, 0.05) is 19.5 Å². The Morgan fingerprint density at radius 3 is 2.50 bits per heavy atom. The van der Waals surface area contributed by atoms with Crippen molar-refractivity contribution in [1.82, 2.24) is 9.78 Å². The van der Waals surface area contributed by atoms with E-state index >= 15 is 0 Å². The number of hydrogen-bond donors (Lipinski definition) is 2. The van der Waals surface area contributed by atoms with Gasteiger partial charge in [0.2, 0.25) is 0 Å². The van der Waals surface area contributed by atoms with Gasteiger partial charge in [-0.15, -0.1) is 0 Å². The maximum atomic E-state index is 10.5. The summed E-state index contributed by atoms with van der Waals surface area (Å²) in [6, 6.07) is 0. The van der Waals surface area contributed by atoms with Gasteiger partial charge in [-0.2, -0.15) is 5.10 Å². The van der Waals surface area contributed by atoms with Gasteiger partial charge in [0.05, 0.1) is 22.0 Å². The van der Waals surface area contributed by atoms with Crippen molar-refractivity contribution < 1.29 is 5.11 Å². The molecule has 1 rings (SSSR count). The molecule has 0 amide bonds. The summed E-state index contributed by atoms with van der Waals surface area (Å²) in [6.45, 7) is 7.08. The minimum Gasteiger partial charge on any atom is -0.388 e. The normalized spacial score (nSPS) is 14.8. The van der Waals surface area contributed by atoms with Crippen LogP contribution in [0.25, 0.3) is 0 Å². The van der Waals surface area contributed by atoms with Crippen LogP contribution in [0.1, 0.15) is 45.0 Å². The van der Waals surface area contributed by atoms with Crippen molar-refractivity contribution >= 4 is 11.6 Å². The summed E-state index contributed by atoms with van der Waals surface area (Å²) >= 11 is 6.34. The van der Waals surface area contributed by atoms with E-state index in [1.807, 2.05) is 25.5 Å². The molecule has 5 heteroatoms. The summed E-state index contributed by atoms with van der Waals surface area (Å²) in [6.07, 6.45) is 2.84. The van der Waals surface area contributed by atoms with Crippen LogP contribution in [-0.4, -0.2) is 27.0 Å². The van der Waals surface area contributed by atoms with Gasteiger partial charge in [-0.05, 0) is 19.8 Å². The number of halogens is 1. The van der Waals surface area contributed by atoms with Crippen LogP contribution in [0.5, 0.6) is 0 Å². The molecule has 0 aliphatic carbocycles. The highest BCUT2D eigenvalue weighted by atomic mass is 35.5. The Balaban J connectivity index is 3.05. The number of aryl methyl sites for hydroxylation is 2. The standard InChI is InChI=1S/C13H24ClN3O/c1-4-7-13(18,9-15)8-11-12(14)10(5-2)16-17(11)6-3/h18H,4-9,15H2,1-3H3. The van der Waals surface area contributed by atoms with E-state index < -0.39 is 5.60 Å². The zero-order valence-electron chi connectivity index (χ0n) is 11.5. The first-order chi connectivity index (χ1) is 8.51. The third kappa shape index (κ3) is 3.25. The Bertz CT molecular complexity index is 392. The molecule has 1 heterocycles. The second kappa shape index (κ2) is 6.55. The quantitative estimate of drug-likeness (QED) is 0.800. The highest BCUT2D eigenvalue weighted by Crippen LogP contribution is 2.27. The van der Waals surface area contributed by atoms with Crippen molar-refractivity contribution in [2.75, 3.05) is 6.54 Å². The van der Waals surface area contributed by atoms with E-state index in [-0.39, 0.29) is 6.54 Å². The molecule has 0 radical (unpaired) electrons. The van der Waals surface area contributed by atoms with E-state index in [2.05, 4.69) is 5.10 Å². The first-order valence-corrected chi connectivity index (χ1v) is 7.05. The topological polar surface area (TPSA) is 64.1 Å². The molecule has 3 N–H and O–H groups in total. The summed E-state index contributed by atoms with van der Waals surface area (Å²) in [5, 5.41) is 15.6. The van der Waals surface area contributed by atoms with Gasteiger partial charge in [0.25, 0.3) is 0 Å². The highest BCUT2D eigenvalue weighted by molar-refractivity contribution is 6.31. The second-order valence-electron chi connectivity index (χ2n) is 4.73. The highest BCUT2D eigenvalue weighted by Gasteiger charge is 2.28. The van der Waals surface area contributed by atoms with E-state index in [0.717, 1.165) is 30.8 Å². The maximum Gasteiger partial charge on any atom is 0.0851 e. The Labute approximate surface area is 114 Å². The Morgan fingerprint density at radius 1 is 1.39 bits per heavy atom. The van der Waals surface area contributed by atoms with Crippen LogP contribution in [0.15, 0.2) is 0 Å². The van der Waals surface area contributed by atoms with Crippen LogP contribution in [-0.2, 0) is 19.4 Å².